The Hall–Kier alpha value is -3.95. The van der Waals surface area contributed by atoms with Gasteiger partial charge in [-0.05, 0) is 40.8 Å². The summed E-state index contributed by atoms with van der Waals surface area (Å²) in [5.74, 6) is -0.875. The quantitative estimate of drug-likeness (QED) is 0.360. The number of hydrogen-bond donors (Lipinski definition) is 1. The number of hydrogen-bond acceptors (Lipinski definition) is 6. The fourth-order valence-corrected chi connectivity index (χ4v) is 5.00. The number of pyridine rings is 1. The minimum atomic E-state index is -3.89. The van der Waals surface area contributed by atoms with Gasteiger partial charge >= 0.3 is 5.97 Å². The van der Waals surface area contributed by atoms with Crippen LogP contribution in [0.1, 0.15) is 23.1 Å². The predicted molar refractivity (Wildman–Crippen MR) is 131 cm³/mol. The molecule has 0 fully saturated rings. The molecule has 4 aromatic rings. The third-order valence-electron chi connectivity index (χ3n) is 5.43. The molecule has 0 radical (unpaired) electrons. The molecule has 0 unspecified atom stereocenters. The number of aryl methyl sites for hydroxylation is 1. The van der Waals surface area contributed by atoms with Gasteiger partial charge in [-0.1, -0.05) is 54.6 Å². The smallest absolute Gasteiger partial charge is 0.303 e. The highest BCUT2D eigenvalue weighted by Gasteiger charge is 2.26. The second kappa shape index (κ2) is 11.0. The van der Waals surface area contributed by atoms with Crippen LogP contribution < -0.4 is 0 Å². The lowest BCUT2D eigenvalue weighted by Crippen LogP contribution is -2.31. The maximum absolute atomic E-state index is 13.5. The molecule has 8 nitrogen and oxygen atoms in total. The summed E-state index contributed by atoms with van der Waals surface area (Å²) >= 11 is 0. The minimum absolute atomic E-state index is 0.0121. The van der Waals surface area contributed by atoms with Gasteiger partial charge in [0.15, 0.2) is 5.03 Å². The van der Waals surface area contributed by atoms with E-state index in [9.17, 15) is 13.2 Å². The zero-order valence-corrected chi connectivity index (χ0v) is 19.7. The van der Waals surface area contributed by atoms with Gasteiger partial charge in [-0.15, -0.1) is 0 Å². The lowest BCUT2D eigenvalue weighted by atomic mass is 10.1. The maximum atomic E-state index is 13.5. The van der Waals surface area contributed by atoms with E-state index in [0.29, 0.717) is 6.42 Å². The van der Waals surface area contributed by atoms with Gasteiger partial charge in [-0.2, -0.15) is 4.31 Å². The van der Waals surface area contributed by atoms with Gasteiger partial charge in [0, 0.05) is 43.7 Å². The Morgan fingerprint density at radius 2 is 1.54 bits per heavy atom. The average Bonchev–Trinajstić information content (AvgIpc) is 2.89. The van der Waals surface area contributed by atoms with Crippen molar-refractivity contribution >= 4 is 16.0 Å². The summed E-state index contributed by atoms with van der Waals surface area (Å²) in [7, 11) is -3.89. The van der Waals surface area contributed by atoms with Crippen molar-refractivity contribution in [3.8, 4) is 11.1 Å². The summed E-state index contributed by atoms with van der Waals surface area (Å²) in [6.45, 7) is 0.262. The molecule has 0 saturated carbocycles. The van der Waals surface area contributed by atoms with Gasteiger partial charge in [0.1, 0.15) is 6.33 Å². The number of aliphatic carboxylic acids is 1. The molecule has 1 N–H and O–H groups in total. The van der Waals surface area contributed by atoms with Gasteiger partial charge < -0.3 is 5.11 Å². The zero-order chi connectivity index (χ0) is 24.7. The van der Waals surface area contributed by atoms with Crippen LogP contribution in [-0.2, 0) is 34.3 Å². The number of benzene rings is 2. The van der Waals surface area contributed by atoms with E-state index >= 15 is 0 Å². The Labute approximate surface area is 204 Å². The highest BCUT2D eigenvalue weighted by atomic mass is 32.2. The van der Waals surface area contributed by atoms with Crippen LogP contribution >= 0.6 is 0 Å². The molecule has 2 aromatic heterocycles. The second-order valence-corrected chi connectivity index (χ2v) is 9.86. The Bertz CT molecular complexity index is 1380. The molecule has 0 atom stereocenters. The molecule has 2 heterocycles. The predicted octanol–water partition coefficient (Wildman–Crippen LogP) is 3.95. The van der Waals surface area contributed by atoms with Crippen molar-refractivity contribution < 1.29 is 18.3 Å². The molecule has 178 valence electrons. The first-order valence-electron chi connectivity index (χ1n) is 11.0. The summed E-state index contributed by atoms with van der Waals surface area (Å²) in [6, 6.07) is 19.7. The van der Waals surface area contributed by atoms with Gasteiger partial charge in [0.05, 0.1) is 0 Å². The van der Waals surface area contributed by atoms with Crippen molar-refractivity contribution in [1.82, 2.24) is 19.3 Å². The van der Waals surface area contributed by atoms with Crippen molar-refractivity contribution in [2.45, 2.75) is 31.0 Å². The third kappa shape index (κ3) is 6.34. The number of sulfonamides is 1. The van der Waals surface area contributed by atoms with E-state index in [4.69, 9.17) is 5.11 Å². The molecule has 0 spiro atoms. The van der Waals surface area contributed by atoms with E-state index in [0.717, 1.165) is 27.8 Å². The normalized spacial score (nSPS) is 11.5. The van der Waals surface area contributed by atoms with Crippen molar-refractivity contribution in [2.75, 3.05) is 0 Å². The van der Waals surface area contributed by atoms with Crippen molar-refractivity contribution in [1.29, 1.82) is 0 Å². The number of carboxylic acids is 1. The molecule has 4 rings (SSSR count). The van der Waals surface area contributed by atoms with Crippen LogP contribution in [0.2, 0.25) is 0 Å². The molecule has 0 aliphatic rings. The summed E-state index contributed by atoms with van der Waals surface area (Å²) in [6.07, 6.45) is 6.75. The first kappa shape index (κ1) is 24.2. The Kier molecular flexibility index (Phi) is 7.59. The van der Waals surface area contributed by atoms with Gasteiger partial charge in [-0.25, -0.2) is 23.4 Å². The molecule has 0 amide bonds. The average molecular weight is 489 g/mol. The summed E-state index contributed by atoms with van der Waals surface area (Å²) in [5, 5.41) is 8.95. The van der Waals surface area contributed by atoms with Crippen LogP contribution in [-0.4, -0.2) is 38.8 Å². The first-order valence-corrected chi connectivity index (χ1v) is 12.4. The highest BCUT2D eigenvalue weighted by Crippen LogP contribution is 2.23. The van der Waals surface area contributed by atoms with Crippen molar-refractivity contribution in [3.05, 3.63) is 108 Å². The van der Waals surface area contributed by atoms with Crippen LogP contribution in [0.3, 0.4) is 0 Å². The molecule has 0 aliphatic heterocycles. The number of aromatic nitrogens is 3. The van der Waals surface area contributed by atoms with Crippen molar-refractivity contribution in [2.24, 2.45) is 0 Å². The number of carboxylic acid groups (broad SMARTS) is 1. The second-order valence-electron chi connectivity index (χ2n) is 7.98. The first-order chi connectivity index (χ1) is 16.9. The van der Waals surface area contributed by atoms with E-state index in [1.807, 2.05) is 48.5 Å². The Morgan fingerprint density at radius 3 is 2.23 bits per heavy atom. The van der Waals surface area contributed by atoms with E-state index in [2.05, 4.69) is 15.0 Å². The van der Waals surface area contributed by atoms with Crippen LogP contribution in [0, 0.1) is 0 Å². The lowest BCUT2D eigenvalue weighted by molar-refractivity contribution is -0.136. The monoisotopic (exact) mass is 488 g/mol. The van der Waals surface area contributed by atoms with Crippen LogP contribution in [0.25, 0.3) is 11.1 Å². The van der Waals surface area contributed by atoms with Gasteiger partial charge in [-0.3, -0.25) is 4.79 Å². The van der Waals surface area contributed by atoms with Crippen molar-refractivity contribution in [3.63, 3.8) is 0 Å². The summed E-state index contributed by atoms with van der Waals surface area (Å²) in [5.41, 5.74) is 4.22. The number of carbonyl (C=O) groups is 1. The largest absolute Gasteiger partial charge is 0.481 e. The molecule has 2 aromatic carbocycles. The van der Waals surface area contributed by atoms with E-state index in [-0.39, 0.29) is 24.5 Å². The standard InChI is InChI=1S/C26H24N4O4S/c31-26(32)12-9-20-4-3-5-22(14-20)18-30(35(33,34)25-6-1-2-13-29-25)17-21-7-10-23(11-8-21)24-15-27-19-28-16-24/h1-8,10-11,13-16,19H,9,12,17-18H2,(H,31,32). The third-order valence-corrected chi connectivity index (χ3v) is 7.13. The maximum Gasteiger partial charge on any atom is 0.303 e. The minimum Gasteiger partial charge on any atom is -0.481 e. The molecular formula is C26H24N4O4S. The van der Waals surface area contributed by atoms with Crippen LogP contribution in [0.4, 0.5) is 0 Å². The molecule has 0 aliphatic carbocycles. The summed E-state index contributed by atoms with van der Waals surface area (Å²) < 4.78 is 28.4. The van der Waals surface area contributed by atoms with E-state index < -0.39 is 16.0 Å². The lowest BCUT2D eigenvalue weighted by Gasteiger charge is -2.22. The van der Waals surface area contributed by atoms with Crippen LogP contribution in [0.5, 0.6) is 0 Å². The molecule has 35 heavy (non-hydrogen) atoms. The molecule has 9 heteroatoms. The topological polar surface area (TPSA) is 113 Å². The summed E-state index contributed by atoms with van der Waals surface area (Å²) in [4.78, 5) is 23.1. The molecule has 0 bridgehead atoms. The van der Waals surface area contributed by atoms with E-state index in [1.54, 1.807) is 24.5 Å². The van der Waals surface area contributed by atoms with Gasteiger partial charge in [0.2, 0.25) is 0 Å². The molecule has 0 saturated heterocycles. The Balaban J connectivity index is 1.61. The fourth-order valence-electron chi connectivity index (χ4n) is 3.65. The van der Waals surface area contributed by atoms with E-state index in [1.165, 1.54) is 22.9 Å². The number of rotatable bonds is 10. The van der Waals surface area contributed by atoms with Gasteiger partial charge in [0.25, 0.3) is 10.0 Å². The SMILES string of the molecule is O=C(O)CCc1cccc(CN(Cc2ccc(-c3cncnc3)cc2)S(=O)(=O)c2ccccn2)c1. The fraction of sp³-hybridized carbons (Fsp3) is 0.154. The molecular weight excluding hydrogens is 464 g/mol. The Morgan fingerprint density at radius 1 is 0.829 bits per heavy atom. The highest BCUT2D eigenvalue weighted by molar-refractivity contribution is 7.89. The van der Waals surface area contributed by atoms with Crippen LogP contribution in [0.15, 0.2) is 96.7 Å². The number of nitrogens with zero attached hydrogens (tertiary/aromatic N) is 4. The zero-order valence-electron chi connectivity index (χ0n) is 18.9.